The number of rotatable bonds is 5. The highest BCUT2D eigenvalue weighted by Gasteiger charge is 2.07. The standard InChI is InChI=1S/C15H14N4O2S/c20-13(17-9-11-3-1-2-6-16-11)4-7-19-10-18-14-12(15(19)21)5-8-22-14/h1-3,5-6,8,10H,4,7,9H2,(H,17,20). The van der Waals surface area contributed by atoms with Crippen molar-refractivity contribution in [2.45, 2.75) is 19.5 Å². The fourth-order valence-corrected chi connectivity index (χ4v) is 2.78. The van der Waals surface area contributed by atoms with Crippen LogP contribution in [0.2, 0.25) is 0 Å². The normalized spacial score (nSPS) is 10.7. The highest BCUT2D eigenvalue weighted by molar-refractivity contribution is 7.16. The number of thiophene rings is 1. The SMILES string of the molecule is O=C(CCn1cnc2sccc2c1=O)NCc1ccccn1. The van der Waals surface area contributed by atoms with Gasteiger partial charge in [0.05, 0.1) is 24.0 Å². The van der Waals surface area contributed by atoms with Gasteiger partial charge in [-0.05, 0) is 23.6 Å². The van der Waals surface area contributed by atoms with E-state index in [0.29, 0.717) is 18.5 Å². The van der Waals surface area contributed by atoms with Gasteiger partial charge in [0.15, 0.2) is 0 Å². The topological polar surface area (TPSA) is 76.9 Å². The minimum Gasteiger partial charge on any atom is -0.350 e. The summed E-state index contributed by atoms with van der Waals surface area (Å²) < 4.78 is 1.47. The van der Waals surface area contributed by atoms with Gasteiger partial charge in [0, 0.05) is 19.2 Å². The van der Waals surface area contributed by atoms with E-state index in [2.05, 4.69) is 15.3 Å². The number of nitrogens with one attached hydrogen (secondary N) is 1. The van der Waals surface area contributed by atoms with Crippen LogP contribution in [-0.4, -0.2) is 20.4 Å². The average molecular weight is 314 g/mol. The number of carbonyl (C=O) groups excluding carboxylic acids is 1. The second-order valence-electron chi connectivity index (χ2n) is 4.73. The molecule has 1 N–H and O–H groups in total. The molecular weight excluding hydrogens is 300 g/mol. The third-order valence-corrected chi connectivity index (χ3v) is 4.04. The quantitative estimate of drug-likeness (QED) is 0.775. The molecule has 0 saturated heterocycles. The molecule has 0 unspecified atom stereocenters. The second kappa shape index (κ2) is 6.48. The van der Waals surface area contributed by atoms with Gasteiger partial charge in [-0.3, -0.25) is 19.1 Å². The third-order valence-electron chi connectivity index (χ3n) is 3.22. The molecule has 3 aromatic heterocycles. The second-order valence-corrected chi connectivity index (χ2v) is 5.62. The first-order chi connectivity index (χ1) is 10.7. The maximum atomic E-state index is 12.2. The summed E-state index contributed by atoms with van der Waals surface area (Å²) in [6.07, 6.45) is 3.40. The first kappa shape index (κ1) is 14.4. The van der Waals surface area contributed by atoms with E-state index in [1.807, 2.05) is 23.6 Å². The van der Waals surface area contributed by atoms with Crippen LogP contribution in [0.3, 0.4) is 0 Å². The smallest absolute Gasteiger partial charge is 0.262 e. The average Bonchev–Trinajstić information content (AvgIpc) is 3.03. The van der Waals surface area contributed by atoms with Crippen LogP contribution in [0.1, 0.15) is 12.1 Å². The summed E-state index contributed by atoms with van der Waals surface area (Å²) in [5.74, 6) is -0.122. The van der Waals surface area contributed by atoms with Gasteiger partial charge >= 0.3 is 0 Å². The van der Waals surface area contributed by atoms with Gasteiger partial charge in [-0.1, -0.05) is 6.07 Å². The van der Waals surface area contributed by atoms with Crippen molar-refractivity contribution in [2.24, 2.45) is 0 Å². The monoisotopic (exact) mass is 314 g/mol. The molecule has 0 radical (unpaired) electrons. The fraction of sp³-hybridized carbons (Fsp3) is 0.200. The number of hydrogen-bond acceptors (Lipinski definition) is 5. The Kier molecular flexibility index (Phi) is 4.24. The molecule has 0 bridgehead atoms. The molecule has 7 heteroatoms. The molecule has 6 nitrogen and oxygen atoms in total. The van der Waals surface area contributed by atoms with Crippen LogP contribution < -0.4 is 10.9 Å². The number of carbonyl (C=O) groups is 1. The number of aryl methyl sites for hydroxylation is 1. The van der Waals surface area contributed by atoms with Crippen LogP contribution in [0.15, 0.2) is 47.0 Å². The first-order valence-electron chi connectivity index (χ1n) is 6.83. The Labute approximate surface area is 130 Å². The van der Waals surface area contributed by atoms with E-state index < -0.39 is 0 Å². The molecular formula is C15H14N4O2S. The molecule has 0 aliphatic heterocycles. The lowest BCUT2D eigenvalue weighted by atomic mass is 10.3. The molecule has 112 valence electrons. The molecule has 0 saturated carbocycles. The molecule has 0 atom stereocenters. The van der Waals surface area contributed by atoms with Gasteiger partial charge in [0.2, 0.25) is 5.91 Å². The Hall–Kier alpha value is -2.54. The Morgan fingerprint density at radius 2 is 2.18 bits per heavy atom. The van der Waals surface area contributed by atoms with Crippen molar-refractivity contribution in [1.82, 2.24) is 19.9 Å². The van der Waals surface area contributed by atoms with Crippen molar-refractivity contribution in [3.63, 3.8) is 0 Å². The van der Waals surface area contributed by atoms with Gasteiger partial charge < -0.3 is 5.32 Å². The maximum absolute atomic E-state index is 12.2. The predicted octanol–water partition coefficient (Wildman–Crippen LogP) is 1.56. The zero-order chi connectivity index (χ0) is 15.4. The molecule has 22 heavy (non-hydrogen) atoms. The van der Waals surface area contributed by atoms with Crippen molar-refractivity contribution in [3.05, 3.63) is 58.2 Å². The van der Waals surface area contributed by atoms with E-state index in [9.17, 15) is 9.59 Å². The lowest BCUT2D eigenvalue weighted by Gasteiger charge is -2.06. The van der Waals surface area contributed by atoms with Crippen molar-refractivity contribution in [1.29, 1.82) is 0 Å². The van der Waals surface area contributed by atoms with E-state index in [-0.39, 0.29) is 17.9 Å². The molecule has 0 spiro atoms. The largest absolute Gasteiger partial charge is 0.350 e. The summed E-state index contributed by atoms with van der Waals surface area (Å²) in [7, 11) is 0. The van der Waals surface area contributed by atoms with E-state index in [1.54, 1.807) is 12.3 Å². The molecule has 0 aliphatic carbocycles. The van der Waals surface area contributed by atoms with Crippen molar-refractivity contribution < 1.29 is 4.79 Å². The van der Waals surface area contributed by atoms with Crippen molar-refractivity contribution in [3.8, 4) is 0 Å². The van der Waals surface area contributed by atoms with Crippen LogP contribution in [0.4, 0.5) is 0 Å². The third kappa shape index (κ3) is 3.20. The van der Waals surface area contributed by atoms with E-state index in [0.717, 1.165) is 10.5 Å². The number of pyridine rings is 1. The van der Waals surface area contributed by atoms with Crippen LogP contribution in [0.5, 0.6) is 0 Å². The molecule has 0 aliphatic rings. The van der Waals surface area contributed by atoms with Gasteiger partial charge in [-0.25, -0.2) is 4.98 Å². The summed E-state index contributed by atoms with van der Waals surface area (Å²) >= 11 is 1.43. The number of aromatic nitrogens is 3. The number of fused-ring (bicyclic) bond motifs is 1. The number of nitrogens with zero attached hydrogens (tertiary/aromatic N) is 3. The fourth-order valence-electron chi connectivity index (χ4n) is 2.05. The van der Waals surface area contributed by atoms with Crippen LogP contribution in [0.25, 0.3) is 10.2 Å². The molecule has 0 fully saturated rings. The lowest BCUT2D eigenvalue weighted by molar-refractivity contribution is -0.121. The Morgan fingerprint density at radius 3 is 3.00 bits per heavy atom. The Bertz CT molecular complexity index is 841. The predicted molar refractivity (Wildman–Crippen MR) is 84.6 cm³/mol. The molecule has 3 aromatic rings. The van der Waals surface area contributed by atoms with Crippen molar-refractivity contribution >= 4 is 27.5 Å². The van der Waals surface area contributed by atoms with E-state index in [4.69, 9.17) is 0 Å². The lowest BCUT2D eigenvalue weighted by Crippen LogP contribution is -2.27. The number of hydrogen-bond donors (Lipinski definition) is 1. The summed E-state index contributed by atoms with van der Waals surface area (Å²) in [5.41, 5.74) is 0.693. The minimum atomic E-state index is -0.122. The van der Waals surface area contributed by atoms with Crippen LogP contribution in [0, 0.1) is 0 Å². The highest BCUT2D eigenvalue weighted by Crippen LogP contribution is 2.13. The van der Waals surface area contributed by atoms with Crippen LogP contribution >= 0.6 is 11.3 Å². The molecule has 0 aromatic carbocycles. The van der Waals surface area contributed by atoms with Gasteiger partial charge in [-0.15, -0.1) is 11.3 Å². The van der Waals surface area contributed by atoms with E-state index in [1.165, 1.54) is 22.2 Å². The summed E-state index contributed by atoms with van der Waals surface area (Å²) in [6, 6.07) is 7.30. The highest BCUT2D eigenvalue weighted by atomic mass is 32.1. The summed E-state index contributed by atoms with van der Waals surface area (Å²) in [5, 5.41) is 5.22. The Balaban J connectivity index is 1.58. The number of amides is 1. The zero-order valence-electron chi connectivity index (χ0n) is 11.7. The Morgan fingerprint density at radius 1 is 1.27 bits per heavy atom. The molecule has 3 heterocycles. The first-order valence-corrected chi connectivity index (χ1v) is 7.71. The van der Waals surface area contributed by atoms with Crippen molar-refractivity contribution in [2.75, 3.05) is 0 Å². The molecule has 3 rings (SSSR count). The summed E-state index contributed by atoms with van der Waals surface area (Å²) in [6.45, 7) is 0.696. The van der Waals surface area contributed by atoms with Gasteiger partial charge in [0.1, 0.15) is 4.83 Å². The van der Waals surface area contributed by atoms with Gasteiger partial charge in [0.25, 0.3) is 5.56 Å². The maximum Gasteiger partial charge on any atom is 0.262 e. The van der Waals surface area contributed by atoms with E-state index >= 15 is 0 Å². The van der Waals surface area contributed by atoms with Crippen LogP contribution in [-0.2, 0) is 17.9 Å². The molecule has 1 amide bonds. The zero-order valence-corrected chi connectivity index (χ0v) is 12.5. The van der Waals surface area contributed by atoms with Gasteiger partial charge in [-0.2, -0.15) is 0 Å². The summed E-state index contributed by atoms with van der Waals surface area (Å²) in [4.78, 5) is 33.1. The minimum absolute atomic E-state index is 0.108.